The molecule has 0 aromatic heterocycles. The number of ether oxygens (including phenoxy) is 1. The molecular weight excluding hydrogens is 278 g/mol. The quantitative estimate of drug-likeness (QED) is 0.385. The fraction of sp³-hybridized carbons (Fsp3) is 0.222. The lowest BCUT2D eigenvalue weighted by Gasteiger charge is -2.22. The van der Waals surface area contributed by atoms with Gasteiger partial charge in [0, 0.05) is 12.1 Å². The van der Waals surface area contributed by atoms with Crippen LogP contribution in [0.4, 0.5) is 0 Å². The summed E-state index contributed by atoms with van der Waals surface area (Å²) in [5.74, 6) is -1.14. The molecule has 2 atom stereocenters. The van der Waals surface area contributed by atoms with Gasteiger partial charge in [-0.25, -0.2) is 0 Å². The van der Waals surface area contributed by atoms with Crippen molar-refractivity contribution in [2.45, 2.75) is 12.3 Å². The Morgan fingerprint density at radius 2 is 1.73 bits per heavy atom. The van der Waals surface area contributed by atoms with Crippen LogP contribution in [0.15, 0.2) is 65.8 Å². The van der Waals surface area contributed by atoms with Gasteiger partial charge < -0.3 is 9.94 Å². The summed E-state index contributed by atoms with van der Waals surface area (Å²) in [6.07, 6.45) is 1.99. The van der Waals surface area contributed by atoms with E-state index in [9.17, 15) is 4.79 Å². The highest BCUT2D eigenvalue weighted by molar-refractivity contribution is 5.83. The minimum absolute atomic E-state index is 0.290. The first-order chi connectivity index (χ1) is 10.8. The number of hydrogen-bond acceptors (Lipinski definition) is 4. The van der Waals surface area contributed by atoms with E-state index >= 15 is 0 Å². The smallest absolute Gasteiger partial charge is 0.313 e. The fourth-order valence-electron chi connectivity index (χ4n) is 2.57. The molecular formula is C18H19NO3. The third-order valence-electron chi connectivity index (χ3n) is 3.61. The second-order valence-electron chi connectivity index (χ2n) is 5.03. The van der Waals surface area contributed by atoms with Gasteiger partial charge in [-0.15, -0.1) is 5.16 Å². The Morgan fingerprint density at radius 3 is 2.27 bits per heavy atom. The molecule has 2 aromatic carbocycles. The normalized spacial score (nSPS) is 13.7. The monoisotopic (exact) mass is 297 g/mol. The van der Waals surface area contributed by atoms with Crippen LogP contribution in [0.5, 0.6) is 0 Å². The zero-order chi connectivity index (χ0) is 15.8. The van der Waals surface area contributed by atoms with Gasteiger partial charge >= 0.3 is 5.97 Å². The summed E-state index contributed by atoms with van der Waals surface area (Å²) in [6.45, 7) is 0. The van der Waals surface area contributed by atoms with Crippen molar-refractivity contribution in [2.24, 2.45) is 11.1 Å². The van der Waals surface area contributed by atoms with Crippen molar-refractivity contribution < 1.29 is 14.7 Å². The molecule has 0 saturated carbocycles. The van der Waals surface area contributed by atoms with E-state index in [1.54, 1.807) is 0 Å². The first-order valence-corrected chi connectivity index (χ1v) is 7.10. The molecule has 0 amide bonds. The topological polar surface area (TPSA) is 58.9 Å². The Morgan fingerprint density at radius 1 is 1.14 bits per heavy atom. The van der Waals surface area contributed by atoms with Crippen LogP contribution in [-0.2, 0) is 16.0 Å². The van der Waals surface area contributed by atoms with Crippen LogP contribution in [0.1, 0.15) is 17.0 Å². The molecule has 4 heteroatoms. The van der Waals surface area contributed by atoms with Crippen molar-refractivity contribution in [3.05, 3.63) is 71.8 Å². The largest absolute Gasteiger partial charge is 0.469 e. The number of carbonyl (C=O) groups excluding carboxylic acids is 1. The van der Waals surface area contributed by atoms with Gasteiger partial charge in [-0.05, 0) is 17.5 Å². The van der Waals surface area contributed by atoms with Crippen LogP contribution < -0.4 is 0 Å². The third kappa shape index (κ3) is 3.95. The molecule has 0 heterocycles. The van der Waals surface area contributed by atoms with Crippen LogP contribution in [0.3, 0.4) is 0 Å². The maximum Gasteiger partial charge on any atom is 0.313 e. The average molecular weight is 297 g/mol. The van der Waals surface area contributed by atoms with Gasteiger partial charge in [-0.3, -0.25) is 4.79 Å². The highest BCUT2D eigenvalue weighted by Crippen LogP contribution is 2.28. The Balaban J connectivity index is 2.34. The van der Waals surface area contributed by atoms with Crippen LogP contribution in [-0.4, -0.2) is 24.5 Å². The molecule has 0 fully saturated rings. The van der Waals surface area contributed by atoms with Gasteiger partial charge in [-0.2, -0.15) is 0 Å². The van der Waals surface area contributed by atoms with Crippen molar-refractivity contribution in [2.75, 3.05) is 7.11 Å². The number of nitrogens with zero attached hydrogens (tertiary/aromatic N) is 1. The Kier molecular flexibility index (Phi) is 5.72. The Labute approximate surface area is 130 Å². The van der Waals surface area contributed by atoms with Crippen LogP contribution in [0.25, 0.3) is 0 Å². The summed E-state index contributed by atoms with van der Waals surface area (Å²) in [4.78, 5) is 12.3. The van der Waals surface area contributed by atoms with Crippen molar-refractivity contribution in [1.82, 2.24) is 0 Å². The Bertz CT molecular complexity index is 611. The van der Waals surface area contributed by atoms with E-state index in [0.29, 0.717) is 6.42 Å². The molecule has 114 valence electrons. The van der Waals surface area contributed by atoms with Gasteiger partial charge in [0.15, 0.2) is 0 Å². The van der Waals surface area contributed by atoms with Gasteiger partial charge in [0.2, 0.25) is 0 Å². The van der Waals surface area contributed by atoms with Gasteiger partial charge in [0.1, 0.15) is 0 Å². The maximum absolute atomic E-state index is 12.3. The van der Waals surface area contributed by atoms with Gasteiger partial charge in [0.25, 0.3) is 0 Å². The molecule has 0 spiro atoms. The maximum atomic E-state index is 12.3. The molecule has 2 aromatic rings. The number of rotatable bonds is 6. The zero-order valence-corrected chi connectivity index (χ0v) is 12.4. The zero-order valence-electron chi connectivity index (χ0n) is 12.4. The molecule has 0 bridgehead atoms. The summed E-state index contributed by atoms with van der Waals surface area (Å²) < 4.78 is 4.95. The van der Waals surface area contributed by atoms with Gasteiger partial charge in [-0.1, -0.05) is 60.7 Å². The average Bonchev–Trinajstić information content (AvgIpc) is 2.57. The van der Waals surface area contributed by atoms with E-state index in [1.165, 1.54) is 13.3 Å². The van der Waals surface area contributed by atoms with E-state index in [-0.39, 0.29) is 11.9 Å². The first kappa shape index (κ1) is 15.8. The van der Waals surface area contributed by atoms with Crippen LogP contribution >= 0.6 is 0 Å². The molecule has 2 unspecified atom stereocenters. The molecule has 1 N–H and O–H groups in total. The molecule has 0 aliphatic carbocycles. The van der Waals surface area contributed by atoms with Crippen molar-refractivity contribution in [3.63, 3.8) is 0 Å². The molecule has 2 rings (SSSR count). The lowest BCUT2D eigenvalue weighted by Crippen LogP contribution is -2.26. The lowest BCUT2D eigenvalue weighted by molar-refractivity contribution is -0.143. The highest BCUT2D eigenvalue weighted by Gasteiger charge is 2.30. The van der Waals surface area contributed by atoms with E-state index in [1.807, 2.05) is 60.7 Å². The van der Waals surface area contributed by atoms with E-state index in [2.05, 4.69) is 5.16 Å². The predicted molar refractivity (Wildman–Crippen MR) is 85.1 cm³/mol. The molecule has 0 radical (unpaired) electrons. The summed E-state index contributed by atoms with van der Waals surface area (Å²) >= 11 is 0. The van der Waals surface area contributed by atoms with Crippen molar-refractivity contribution in [3.8, 4) is 0 Å². The van der Waals surface area contributed by atoms with Crippen molar-refractivity contribution >= 4 is 12.2 Å². The second kappa shape index (κ2) is 7.98. The molecule has 0 saturated heterocycles. The fourth-order valence-corrected chi connectivity index (χ4v) is 2.57. The van der Waals surface area contributed by atoms with E-state index in [4.69, 9.17) is 9.94 Å². The molecule has 4 nitrogen and oxygen atoms in total. The number of hydrogen-bond donors (Lipinski definition) is 1. The Hall–Kier alpha value is -2.62. The van der Waals surface area contributed by atoms with Gasteiger partial charge in [0.05, 0.1) is 13.0 Å². The number of oxime groups is 1. The van der Waals surface area contributed by atoms with Crippen LogP contribution in [0.2, 0.25) is 0 Å². The number of benzene rings is 2. The summed E-state index contributed by atoms with van der Waals surface area (Å²) in [5, 5.41) is 12.1. The molecule has 0 aliphatic heterocycles. The minimum Gasteiger partial charge on any atom is -0.469 e. The van der Waals surface area contributed by atoms with E-state index < -0.39 is 5.92 Å². The number of methoxy groups -OCH3 is 1. The predicted octanol–water partition coefficient (Wildman–Crippen LogP) is 3.26. The lowest BCUT2D eigenvalue weighted by atomic mass is 9.83. The highest BCUT2D eigenvalue weighted by atomic mass is 16.5. The van der Waals surface area contributed by atoms with E-state index in [0.717, 1.165) is 11.1 Å². The summed E-state index contributed by atoms with van der Waals surface area (Å²) in [6, 6.07) is 19.2. The summed E-state index contributed by atoms with van der Waals surface area (Å²) in [7, 11) is 1.37. The third-order valence-corrected chi connectivity index (χ3v) is 3.61. The summed E-state index contributed by atoms with van der Waals surface area (Å²) in [5.41, 5.74) is 1.91. The standard InChI is InChI=1S/C18H19NO3/c1-22-18(20)17(15-10-6-3-7-11-15)16(13-19-21)12-14-8-4-2-5-9-14/h2-11,13,16-17,21H,12H2,1H3/b19-13+. The van der Waals surface area contributed by atoms with Crippen molar-refractivity contribution in [1.29, 1.82) is 0 Å². The second-order valence-corrected chi connectivity index (χ2v) is 5.03. The number of carbonyl (C=O) groups is 1. The molecule has 0 aliphatic rings. The minimum atomic E-state index is -0.512. The van der Waals surface area contributed by atoms with Crippen LogP contribution in [0, 0.1) is 5.92 Å². The molecule has 22 heavy (non-hydrogen) atoms. The first-order valence-electron chi connectivity index (χ1n) is 7.10. The SMILES string of the molecule is COC(=O)C(c1ccccc1)C(/C=N/O)Cc1ccccc1. The number of esters is 1.